The van der Waals surface area contributed by atoms with Crippen LogP contribution in [0.5, 0.6) is 0 Å². The third-order valence-corrected chi connectivity index (χ3v) is 2.96. The van der Waals surface area contributed by atoms with Crippen molar-refractivity contribution in [2.75, 3.05) is 0 Å². The van der Waals surface area contributed by atoms with Crippen LogP contribution in [0, 0.1) is 11.8 Å². The minimum absolute atomic E-state index is 0.441. The van der Waals surface area contributed by atoms with E-state index in [2.05, 4.69) is 19.2 Å². The lowest BCUT2D eigenvalue weighted by atomic mass is 9.78. The first kappa shape index (κ1) is 9.56. The molecule has 0 spiro atoms. The van der Waals surface area contributed by atoms with Crippen molar-refractivity contribution < 1.29 is 4.79 Å². The van der Waals surface area contributed by atoms with Gasteiger partial charge in [0.05, 0.1) is 0 Å². The van der Waals surface area contributed by atoms with Crippen LogP contribution in [-0.4, -0.2) is 12.5 Å². The van der Waals surface area contributed by atoms with Crippen molar-refractivity contribution in [3.63, 3.8) is 0 Å². The zero-order chi connectivity index (χ0) is 8.97. The monoisotopic (exact) mass is 169 g/mol. The smallest absolute Gasteiger partial charge is 0.207 e. The Labute approximate surface area is 74.7 Å². The summed E-state index contributed by atoms with van der Waals surface area (Å²) in [4.78, 5) is 10.3. The van der Waals surface area contributed by atoms with E-state index >= 15 is 0 Å². The minimum Gasteiger partial charge on any atom is -0.356 e. The molecule has 0 heterocycles. The number of amides is 1. The van der Waals surface area contributed by atoms with Gasteiger partial charge in [-0.3, -0.25) is 4.79 Å². The van der Waals surface area contributed by atoms with Crippen molar-refractivity contribution in [2.45, 2.75) is 45.6 Å². The molecule has 2 unspecified atom stereocenters. The number of carbonyl (C=O) groups excluding carboxylic acids is 1. The lowest BCUT2D eigenvalue weighted by molar-refractivity contribution is -0.110. The molecule has 2 heteroatoms. The van der Waals surface area contributed by atoms with Crippen molar-refractivity contribution >= 4 is 6.41 Å². The van der Waals surface area contributed by atoms with Crippen LogP contribution in [0.2, 0.25) is 0 Å². The van der Waals surface area contributed by atoms with E-state index in [1.165, 1.54) is 25.7 Å². The Morgan fingerprint density at radius 3 is 2.58 bits per heavy atom. The molecule has 1 aliphatic rings. The van der Waals surface area contributed by atoms with E-state index in [1.807, 2.05) is 0 Å². The molecule has 1 aliphatic carbocycles. The van der Waals surface area contributed by atoms with Gasteiger partial charge >= 0.3 is 0 Å². The summed E-state index contributed by atoms with van der Waals surface area (Å²) in [6, 6.07) is 0.441. The maximum atomic E-state index is 10.3. The number of rotatable bonds is 3. The van der Waals surface area contributed by atoms with E-state index in [0.29, 0.717) is 17.9 Å². The summed E-state index contributed by atoms with van der Waals surface area (Å²) >= 11 is 0. The molecule has 1 rings (SSSR count). The molecule has 0 bridgehead atoms. The van der Waals surface area contributed by atoms with Crippen LogP contribution >= 0.6 is 0 Å². The summed E-state index contributed by atoms with van der Waals surface area (Å²) in [5, 5.41) is 2.94. The van der Waals surface area contributed by atoms with Crippen LogP contribution in [0.3, 0.4) is 0 Å². The van der Waals surface area contributed by atoms with Gasteiger partial charge in [0, 0.05) is 6.04 Å². The van der Waals surface area contributed by atoms with Gasteiger partial charge in [-0.15, -0.1) is 0 Å². The van der Waals surface area contributed by atoms with Crippen molar-refractivity contribution in [3.8, 4) is 0 Å². The van der Waals surface area contributed by atoms with Gasteiger partial charge in [-0.05, 0) is 24.7 Å². The molecule has 1 N–H and O–H groups in total. The van der Waals surface area contributed by atoms with Crippen LogP contribution in [0.4, 0.5) is 0 Å². The highest BCUT2D eigenvalue weighted by molar-refractivity contribution is 5.46. The average molecular weight is 169 g/mol. The van der Waals surface area contributed by atoms with E-state index in [1.54, 1.807) is 0 Å². The highest BCUT2D eigenvalue weighted by atomic mass is 16.1. The van der Waals surface area contributed by atoms with Gasteiger partial charge in [0.1, 0.15) is 0 Å². The molecule has 12 heavy (non-hydrogen) atoms. The second-order valence-corrected chi connectivity index (χ2v) is 4.08. The van der Waals surface area contributed by atoms with Gasteiger partial charge in [-0.1, -0.05) is 26.7 Å². The summed E-state index contributed by atoms with van der Waals surface area (Å²) in [5.41, 5.74) is 0. The Hall–Kier alpha value is -0.530. The first-order valence-corrected chi connectivity index (χ1v) is 4.95. The summed E-state index contributed by atoms with van der Waals surface area (Å²) < 4.78 is 0. The molecule has 0 saturated heterocycles. The van der Waals surface area contributed by atoms with Crippen molar-refractivity contribution in [1.82, 2.24) is 5.32 Å². The lowest BCUT2D eigenvalue weighted by Crippen LogP contribution is -2.40. The first-order valence-electron chi connectivity index (χ1n) is 4.95. The van der Waals surface area contributed by atoms with Crippen LogP contribution in [0.15, 0.2) is 0 Å². The third kappa shape index (κ3) is 2.23. The maximum absolute atomic E-state index is 10.3. The Bertz CT molecular complexity index is 145. The lowest BCUT2D eigenvalue weighted by Gasteiger charge is -2.33. The molecule has 0 aromatic carbocycles. The third-order valence-electron chi connectivity index (χ3n) is 2.96. The average Bonchev–Trinajstić information content (AvgIpc) is 2.05. The number of nitrogens with one attached hydrogen (secondary N) is 1. The molecule has 1 fully saturated rings. The Morgan fingerprint density at radius 1 is 1.33 bits per heavy atom. The SMILES string of the molecule is CC(C)C1CCCCC1NC=O. The minimum atomic E-state index is 0.441. The van der Waals surface area contributed by atoms with Crippen LogP contribution < -0.4 is 5.32 Å². The quantitative estimate of drug-likeness (QED) is 0.643. The zero-order valence-electron chi connectivity index (χ0n) is 8.05. The molecule has 2 atom stereocenters. The molecule has 0 aliphatic heterocycles. The Morgan fingerprint density at radius 2 is 2.00 bits per heavy atom. The van der Waals surface area contributed by atoms with Gasteiger partial charge in [0.15, 0.2) is 0 Å². The van der Waals surface area contributed by atoms with Gasteiger partial charge in [0.25, 0.3) is 0 Å². The van der Waals surface area contributed by atoms with Gasteiger partial charge in [-0.2, -0.15) is 0 Å². The standard InChI is InChI=1S/C10H19NO/c1-8(2)9-5-3-4-6-10(9)11-7-12/h7-10H,3-6H2,1-2H3,(H,11,12). The number of hydrogen-bond donors (Lipinski definition) is 1. The van der Waals surface area contributed by atoms with Gasteiger partial charge in [0.2, 0.25) is 6.41 Å². The van der Waals surface area contributed by atoms with E-state index in [4.69, 9.17) is 0 Å². The van der Waals surface area contributed by atoms with Gasteiger partial charge < -0.3 is 5.32 Å². The largest absolute Gasteiger partial charge is 0.356 e. The summed E-state index contributed by atoms with van der Waals surface area (Å²) in [7, 11) is 0. The maximum Gasteiger partial charge on any atom is 0.207 e. The summed E-state index contributed by atoms with van der Waals surface area (Å²) in [6.45, 7) is 4.49. The molecular weight excluding hydrogens is 150 g/mol. The van der Waals surface area contributed by atoms with Crippen LogP contribution in [0.1, 0.15) is 39.5 Å². The summed E-state index contributed by atoms with van der Waals surface area (Å²) in [5.74, 6) is 1.40. The normalized spacial score (nSPS) is 30.2. The van der Waals surface area contributed by atoms with Crippen LogP contribution in [0.25, 0.3) is 0 Å². The fraction of sp³-hybridized carbons (Fsp3) is 0.900. The van der Waals surface area contributed by atoms with E-state index in [0.717, 1.165) is 6.41 Å². The Balaban J connectivity index is 2.47. The predicted molar refractivity (Wildman–Crippen MR) is 49.8 cm³/mol. The van der Waals surface area contributed by atoms with Crippen molar-refractivity contribution in [2.24, 2.45) is 11.8 Å². The molecule has 1 saturated carbocycles. The topological polar surface area (TPSA) is 29.1 Å². The first-order chi connectivity index (χ1) is 5.75. The number of carbonyl (C=O) groups is 1. The molecule has 0 aromatic rings. The Kier molecular flexibility index (Phi) is 3.57. The highest BCUT2D eigenvalue weighted by Crippen LogP contribution is 2.29. The van der Waals surface area contributed by atoms with E-state index < -0.39 is 0 Å². The fourth-order valence-corrected chi connectivity index (χ4v) is 2.25. The second kappa shape index (κ2) is 4.48. The fourth-order valence-electron chi connectivity index (χ4n) is 2.25. The van der Waals surface area contributed by atoms with Crippen molar-refractivity contribution in [1.29, 1.82) is 0 Å². The van der Waals surface area contributed by atoms with Crippen LogP contribution in [-0.2, 0) is 4.79 Å². The second-order valence-electron chi connectivity index (χ2n) is 4.08. The number of hydrogen-bond acceptors (Lipinski definition) is 1. The molecule has 1 amide bonds. The van der Waals surface area contributed by atoms with E-state index in [9.17, 15) is 4.79 Å². The predicted octanol–water partition coefficient (Wildman–Crippen LogP) is 1.95. The van der Waals surface area contributed by atoms with E-state index in [-0.39, 0.29) is 0 Å². The van der Waals surface area contributed by atoms with Crippen molar-refractivity contribution in [3.05, 3.63) is 0 Å². The molecular formula is C10H19NO. The summed E-state index contributed by atoms with van der Waals surface area (Å²) in [6.07, 6.45) is 5.91. The van der Waals surface area contributed by atoms with Gasteiger partial charge in [-0.25, -0.2) is 0 Å². The molecule has 2 nitrogen and oxygen atoms in total. The molecule has 70 valence electrons. The molecule has 0 aromatic heterocycles. The highest BCUT2D eigenvalue weighted by Gasteiger charge is 2.26. The zero-order valence-corrected chi connectivity index (χ0v) is 8.05. The molecule has 0 radical (unpaired) electrons.